The molecule has 180 valence electrons. The molecule has 0 bridgehead atoms. The Morgan fingerprint density at radius 1 is 0.656 bits per heavy atom. The number of carboxylic acid groups (broad SMARTS) is 2. The topological polar surface area (TPSA) is 285 Å². The number of primary amides is 3. The fourth-order valence-corrected chi connectivity index (χ4v) is 6.06. The molecule has 2 atom stereocenters. The molecule has 0 fully saturated rings. The second-order valence-corrected chi connectivity index (χ2v) is 8.48. The number of hydrogen-bond donors (Lipinski definition) is 9. The predicted molar refractivity (Wildman–Crippen MR) is 132 cm³/mol. The fraction of sp³-hybridized carbons (Fsp3) is 0.267. The van der Waals surface area contributed by atoms with E-state index in [0.717, 1.165) is 0 Å². The summed E-state index contributed by atoms with van der Waals surface area (Å²) in [5.41, 5.74) is 13.6. The summed E-state index contributed by atoms with van der Waals surface area (Å²) in [5, 5.41) is 50.5. The first-order valence-electron chi connectivity index (χ1n) is 7.69. The molecule has 0 aliphatic rings. The average Bonchev–Trinajstić information content (AvgIpc) is 2.66. The molecule has 0 aliphatic carbocycles. The Bertz CT molecular complexity index is 773. The van der Waals surface area contributed by atoms with Gasteiger partial charge in [0.05, 0.1) is 29.9 Å². The lowest BCUT2D eigenvalue weighted by molar-refractivity contribution is -0.128. The summed E-state index contributed by atoms with van der Waals surface area (Å²) < 4.78 is 0.365. The zero-order valence-electron chi connectivity index (χ0n) is 15.7. The molecule has 0 saturated carbocycles. The van der Waals surface area contributed by atoms with Crippen LogP contribution in [-0.4, -0.2) is 85.7 Å². The number of benzene rings is 1. The quantitative estimate of drug-likeness (QED) is 0.132. The van der Waals surface area contributed by atoms with E-state index in [2.05, 4.69) is 11.5 Å². The van der Waals surface area contributed by atoms with Crippen molar-refractivity contribution in [3.8, 4) is 0 Å². The highest BCUT2D eigenvalue weighted by molar-refractivity contribution is 14.1. The zero-order valence-corrected chi connectivity index (χ0v) is 22.1. The van der Waals surface area contributed by atoms with E-state index in [1.807, 2.05) is 0 Å². The largest absolute Gasteiger partial charge is 0.478 e. The molecule has 14 nitrogen and oxygen atoms in total. The summed E-state index contributed by atoms with van der Waals surface area (Å²) >= 11 is 5.00. The summed E-state index contributed by atoms with van der Waals surface area (Å²) in [7, 11) is 0. The van der Waals surface area contributed by atoms with E-state index in [9.17, 15) is 24.0 Å². The van der Waals surface area contributed by atoms with Gasteiger partial charge in [-0.05, 0) is 67.8 Å². The van der Waals surface area contributed by atoms with Crippen LogP contribution in [0.2, 0.25) is 0 Å². The van der Waals surface area contributed by atoms with Crippen LogP contribution in [0.1, 0.15) is 31.1 Å². The van der Waals surface area contributed by atoms with Crippen molar-refractivity contribution < 1.29 is 54.6 Å². The first kappa shape index (κ1) is 32.8. The van der Waals surface area contributed by atoms with Crippen LogP contribution in [-0.2, 0) is 9.59 Å². The van der Waals surface area contributed by atoms with Gasteiger partial charge in [-0.25, -0.2) is 9.59 Å². The van der Waals surface area contributed by atoms with E-state index in [1.165, 1.54) is 0 Å². The third-order valence-corrected chi connectivity index (χ3v) is 6.23. The van der Waals surface area contributed by atoms with E-state index in [0.29, 0.717) is 0 Å². The van der Waals surface area contributed by atoms with Gasteiger partial charge in [0.25, 0.3) is 5.91 Å². The smallest absolute Gasteiger partial charge is 0.337 e. The predicted octanol–water partition coefficient (Wildman–Crippen LogP) is -2.35. The van der Waals surface area contributed by atoms with E-state index in [4.69, 9.17) is 36.4 Å². The molecular formula is C15H18I3N3O11. The van der Waals surface area contributed by atoms with Gasteiger partial charge in [0.15, 0.2) is 12.2 Å². The van der Waals surface area contributed by atoms with Crippen molar-refractivity contribution >= 4 is 97.4 Å². The van der Waals surface area contributed by atoms with Crippen LogP contribution in [0.3, 0.4) is 0 Å². The van der Waals surface area contributed by atoms with Gasteiger partial charge in [0.2, 0.25) is 11.8 Å². The van der Waals surface area contributed by atoms with Crippen LogP contribution >= 0.6 is 67.8 Å². The maximum atomic E-state index is 11.3. The van der Waals surface area contributed by atoms with Crippen molar-refractivity contribution in [2.45, 2.75) is 12.2 Å². The fourth-order valence-electron chi connectivity index (χ4n) is 1.44. The molecule has 0 heterocycles. The van der Waals surface area contributed by atoms with Gasteiger partial charge in [0, 0.05) is 10.7 Å². The number of aromatic carboxylic acids is 2. The van der Waals surface area contributed by atoms with Gasteiger partial charge in [-0.1, -0.05) is 0 Å². The summed E-state index contributed by atoms with van der Waals surface area (Å²) in [4.78, 5) is 53.1. The number of aliphatic hydroxyl groups is 4. The molecule has 32 heavy (non-hydrogen) atoms. The number of amides is 3. The minimum atomic E-state index is -1.40. The summed E-state index contributed by atoms with van der Waals surface area (Å²) in [6, 6.07) is 0. The van der Waals surface area contributed by atoms with Crippen molar-refractivity contribution in [3.63, 3.8) is 0 Å². The lowest BCUT2D eigenvalue weighted by Crippen LogP contribution is -2.30. The average molecular weight is 797 g/mol. The van der Waals surface area contributed by atoms with Gasteiger partial charge in [-0.15, -0.1) is 0 Å². The van der Waals surface area contributed by atoms with E-state index in [1.54, 1.807) is 67.8 Å². The summed E-state index contributed by atoms with van der Waals surface area (Å²) in [5.74, 6) is -5.26. The van der Waals surface area contributed by atoms with Crippen LogP contribution in [0.15, 0.2) is 0 Å². The highest BCUT2D eigenvalue weighted by Gasteiger charge is 2.29. The van der Waals surface area contributed by atoms with Crippen LogP contribution < -0.4 is 17.2 Å². The molecule has 1 rings (SSSR count). The van der Waals surface area contributed by atoms with Crippen LogP contribution in [0, 0.1) is 10.7 Å². The number of carbonyl (C=O) groups is 5. The van der Waals surface area contributed by atoms with Crippen molar-refractivity contribution in [1.29, 1.82) is 0 Å². The Kier molecular flexibility index (Phi) is 15.8. The molecule has 0 saturated heterocycles. The van der Waals surface area contributed by atoms with Gasteiger partial charge in [-0.2, -0.15) is 0 Å². The first-order valence-corrected chi connectivity index (χ1v) is 10.9. The molecule has 1 aromatic rings. The maximum Gasteiger partial charge on any atom is 0.337 e. The number of hydrogen-bond acceptors (Lipinski definition) is 9. The molecule has 1 aromatic carbocycles. The van der Waals surface area contributed by atoms with Crippen LogP contribution in [0.4, 0.5) is 0 Å². The molecule has 0 spiro atoms. The monoisotopic (exact) mass is 797 g/mol. The lowest BCUT2D eigenvalue weighted by atomic mass is 10.1. The Morgan fingerprint density at radius 2 is 0.906 bits per heavy atom. The molecule has 0 aromatic heterocycles. The maximum absolute atomic E-state index is 11.3. The standard InChI is InChI=1S/C9H4I3NO5.2C3H7NO3/c10-4-1(7(13)14)5(11)3(9(17)18)6(12)2(4)8(15)16;2*4-3(7)2(6)1-5/h(H2,13,14)(H,15,16)(H,17,18);2*2,5-6H,1H2,(H2,4,7). The number of carbonyl (C=O) groups excluding carboxylic acids is 3. The minimum absolute atomic E-state index is 0.0754. The van der Waals surface area contributed by atoms with Crippen molar-refractivity contribution in [3.05, 3.63) is 27.4 Å². The first-order chi connectivity index (χ1) is 14.6. The Balaban J connectivity index is 0. The Labute approximate surface area is 220 Å². The third-order valence-electron chi connectivity index (χ3n) is 2.99. The number of carboxylic acids is 2. The molecule has 0 aliphatic heterocycles. The van der Waals surface area contributed by atoms with Gasteiger partial charge < -0.3 is 47.8 Å². The van der Waals surface area contributed by atoms with Crippen molar-refractivity contribution in [1.82, 2.24) is 0 Å². The van der Waals surface area contributed by atoms with Crippen molar-refractivity contribution in [2.75, 3.05) is 13.2 Å². The van der Waals surface area contributed by atoms with Gasteiger partial charge in [0.1, 0.15) is 0 Å². The Hall–Kier alpha value is -1.40. The third kappa shape index (κ3) is 10.0. The highest BCUT2D eigenvalue weighted by Crippen LogP contribution is 2.31. The van der Waals surface area contributed by atoms with Crippen LogP contribution in [0.5, 0.6) is 0 Å². The zero-order chi connectivity index (χ0) is 25.9. The van der Waals surface area contributed by atoms with Crippen LogP contribution in [0.25, 0.3) is 0 Å². The van der Waals surface area contributed by atoms with Gasteiger partial charge in [-0.3, -0.25) is 14.4 Å². The normalized spacial score (nSPS) is 11.6. The Morgan fingerprint density at radius 3 is 1.03 bits per heavy atom. The van der Waals surface area contributed by atoms with E-state index < -0.39 is 55.1 Å². The van der Waals surface area contributed by atoms with E-state index in [-0.39, 0.29) is 27.4 Å². The van der Waals surface area contributed by atoms with E-state index >= 15 is 0 Å². The van der Waals surface area contributed by atoms with Gasteiger partial charge >= 0.3 is 11.9 Å². The van der Waals surface area contributed by atoms with Crippen molar-refractivity contribution in [2.24, 2.45) is 17.2 Å². The summed E-state index contributed by atoms with van der Waals surface area (Å²) in [6.07, 6.45) is -2.81. The lowest BCUT2D eigenvalue weighted by Gasteiger charge is -2.13. The SMILES string of the molecule is NC(=O)C(O)CO.NC(=O)C(O)CO.NC(=O)c1c(I)c(C(=O)O)c(I)c(C(=O)O)c1I. The molecule has 3 amide bonds. The number of halogens is 3. The second-order valence-electron chi connectivity index (χ2n) is 5.24. The number of rotatable bonds is 7. The highest BCUT2D eigenvalue weighted by atomic mass is 127. The number of nitrogens with two attached hydrogens (primary N) is 3. The number of aliphatic hydroxyl groups excluding tert-OH is 4. The molecule has 12 N–H and O–H groups in total. The molecular weight excluding hydrogens is 779 g/mol. The molecule has 0 radical (unpaired) electrons. The molecule has 2 unspecified atom stereocenters. The molecule has 17 heteroatoms. The second kappa shape index (κ2) is 15.4. The minimum Gasteiger partial charge on any atom is -0.478 e. The summed E-state index contributed by atoms with van der Waals surface area (Å²) in [6.45, 7) is -1.20.